The van der Waals surface area contributed by atoms with Gasteiger partial charge in [0.15, 0.2) is 0 Å². The van der Waals surface area contributed by atoms with Gasteiger partial charge in [0, 0.05) is 24.7 Å². The summed E-state index contributed by atoms with van der Waals surface area (Å²) in [6.45, 7) is 6.99. The Hall–Kier alpha value is -1.65. The van der Waals surface area contributed by atoms with Crippen LogP contribution in [0.3, 0.4) is 0 Å². The van der Waals surface area contributed by atoms with E-state index in [1.165, 1.54) is 12.1 Å². The summed E-state index contributed by atoms with van der Waals surface area (Å²) in [7, 11) is 2.12. The summed E-state index contributed by atoms with van der Waals surface area (Å²) in [4.78, 5) is 2.29. The number of nitrogens with one attached hydrogen (secondary N) is 1. The lowest BCUT2D eigenvalue weighted by atomic mass is 10.2. The Morgan fingerprint density at radius 1 is 1.14 bits per heavy atom. The van der Waals surface area contributed by atoms with Gasteiger partial charge in [-0.2, -0.15) is 0 Å². The van der Waals surface area contributed by atoms with Crippen molar-refractivity contribution in [1.29, 1.82) is 0 Å². The maximum absolute atomic E-state index is 12.9. The van der Waals surface area contributed by atoms with Crippen molar-refractivity contribution in [3.63, 3.8) is 0 Å². The molecule has 0 aliphatic rings. The highest BCUT2D eigenvalue weighted by Gasteiger charge is 2.06. The number of furan rings is 1. The van der Waals surface area contributed by atoms with Crippen LogP contribution in [0, 0.1) is 5.82 Å². The average Bonchev–Trinajstić information content (AvgIpc) is 2.93. The van der Waals surface area contributed by atoms with Crippen LogP contribution in [0.25, 0.3) is 11.3 Å². The van der Waals surface area contributed by atoms with Gasteiger partial charge in [0.2, 0.25) is 0 Å². The van der Waals surface area contributed by atoms with Crippen LogP contribution in [0.1, 0.15) is 19.6 Å². The van der Waals surface area contributed by atoms with E-state index < -0.39 is 0 Å². The number of hydrogen-bond acceptors (Lipinski definition) is 3. The molecule has 0 fully saturated rings. The number of likely N-dealkylation sites (N-methyl/N-ethyl adjacent to an activating group) is 1. The summed E-state index contributed by atoms with van der Waals surface area (Å²) in [6, 6.07) is 10.8. The van der Waals surface area contributed by atoms with Crippen LogP contribution in [0.4, 0.5) is 4.39 Å². The van der Waals surface area contributed by atoms with Gasteiger partial charge in [-0.3, -0.25) is 0 Å². The number of nitrogens with zero attached hydrogens (tertiary/aromatic N) is 1. The minimum absolute atomic E-state index is 0.235. The van der Waals surface area contributed by atoms with Crippen LogP contribution >= 0.6 is 0 Å². The molecule has 0 bridgehead atoms. The van der Waals surface area contributed by atoms with Crippen LogP contribution in [0.15, 0.2) is 40.8 Å². The molecule has 0 saturated heterocycles. The van der Waals surface area contributed by atoms with E-state index in [9.17, 15) is 4.39 Å². The number of hydrogen-bond donors (Lipinski definition) is 1. The molecule has 0 spiro atoms. The van der Waals surface area contributed by atoms with Gasteiger partial charge in [0.05, 0.1) is 6.54 Å². The maximum Gasteiger partial charge on any atom is 0.134 e. The van der Waals surface area contributed by atoms with Crippen molar-refractivity contribution in [2.75, 3.05) is 20.1 Å². The topological polar surface area (TPSA) is 28.4 Å². The molecule has 2 aromatic rings. The molecule has 0 atom stereocenters. The Balaban J connectivity index is 1.82. The fourth-order valence-electron chi connectivity index (χ4n) is 1.97. The molecule has 114 valence electrons. The van der Waals surface area contributed by atoms with Crippen molar-refractivity contribution in [3.8, 4) is 11.3 Å². The van der Waals surface area contributed by atoms with E-state index in [-0.39, 0.29) is 5.82 Å². The number of benzene rings is 1. The lowest BCUT2D eigenvalue weighted by Gasteiger charge is -2.20. The van der Waals surface area contributed by atoms with E-state index in [2.05, 4.69) is 31.1 Å². The summed E-state index contributed by atoms with van der Waals surface area (Å²) in [5.41, 5.74) is 0.891. The molecule has 2 rings (SSSR count). The summed E-state index contributed by atoms with van der Waals surface area (Å²) in [5.74, 6) is 1.43. The van der Waals surface area contributed by atoms with Crippen LogP contribution in [-0.2, 0) is 6.54 Å². The fourth-order valence-corrected chi connectivity index (χ4v) is 1.97. The van der Waals surface area contributed by atoms with Gasteiger partial charge in [-0.15, -0.1) is 0 Å². The fraction of sp³-hybridized carbons (Fsp3) is 0.412. The second-order valence-corrected chi connectivity index (χ2v) is 5.52. The zero-order valence-corrected chi connectivity index (χ0v) is 12.9. The average molecular weight is 290 g/mol. The summed E-state index contributed by atoms with van der Waals surface area (Å²) < 4.78 is 18.7. The van der Waals surface area contributed by atoms with Gasteiger partial charge in [-0.05, 0) is 57.3 Å². The standard InChI is InChI=1S/C17H23FN2O/c1-13(2)20(3)11-10-19-12-16-8-9-17(21-16)14-4-6-15(18)7-5-14/h4-9,13,19H,10-12H2,1-3H3. The summed E-state index contributed by atoms with van der Waals surface area (Å²) in [5, 5.41) is 3.37. The number of halogens is 1. The largest absolute Gasteiger partial charge is 0.460 e. The van der Waals surface area contributed by atoms with E-state index >= 15 is 0 Å². The first-order valence-corrected chi connectivity index (χ1v) is 7.32. The molecule has 3 nitrogen and oxygen atoms in total. The Morgan fingerprint density at radius 3 is 2.52 bits per heavy atom. The molecule has 0 unspecified atom stereocenters. The quantitative estimate of drug-likeness (QED) is 0.791. The molecule has 0 aliphatic heterocycles. The SMILES string of the molecule is CC(C)N(C)CCNCc1ccc(-c2ccc(F)cc2)o1. The molecule has 21 heavy (non-hydrogen) atoms. The lowest BCUT2D eigenvalue weighted by Crippen LogP contribution is -2.33. The van der Waals surface area contributed by atoms with Gasteiger partial charge in [0.1, 0.15) is 17.3 Å². The first kappa shape index (κ1) is 15.7. The minimum Gasteiger partial charge on any atom is -0.460 e. The Labute approximate surface area is 125 Å². The molecule has 4 heteroatoms. The third-order valence-corrected chi connectivity index (χ3v) is 3.61. The van der Waals surface area contributed by atoms with Crippen LogP contribution in [-0.4, -0.2) is 31.1 Å². The van der Waals surface area contributed by atoms with E-state index in [1.807, 2.05) is 12.1 Å². The summed E-state index contributed by atoms with van der Waals surface area (Å²) in [6.07, 6.45) is 0. The van der Waals surface area contributed by atoms with E-state index in [0.29, 0.717) is 12.6 Å². The van der Waals surface area contributed by atoms with Gasteiger partial charge in [0.25, 0.3) is 0 Å². The molecule has 0 radical (unpaired) electrons. The second kappa shape index (κ2) is 7.38. The van der Waals surface area contributed by atoms with E-state index in [1.54, 1.807) is 12.1 Å². The third kappa shape index (κ3) is 4.69. The molecular weight excluding hydrogens is 267 g/mol. The first-order chi connectivity index (χ1) is 10.1. The molecule has 0 aliphatic carbocycles. The monoisotopic (exact) mass is 290 g/mol. The van der Waals surface area contributed by atoms with Crippen molar-refractivity contribution in [2.24, 2.45) is 0 Å². The summed E-state index contributed by atoms with van der Waals surface area (Å²) >= 11 is 0. The normalized spacial score (nSPS) is 11.5. The van der Waals surface area contributed by atoms with Gasteiger partial charge in [-0.1, -0.05) is 0 Å². The zero-order chi connectivity index (χ0) is 15.2. The molecule has 1 aromatic heterocycles. The van der Waals surface area contributed by atoms with Gasteiger partial charge < -0.3 is 14.6 Å². The molecular formula is C17H23FN2O. The van der Waals surface area contributed by atoms with Crippen LogP contribution in [0.5, 0.6) is 0 Å². The number of rotatable bonds is 7. The predicted molar refractivity (Wildman–Crippen MR) is 83.6 cm³/mol. The molecule has 0 amide bonds. The van der Waals surface area contributed by atoms with Crippen molar-refractivity contribution in [3.05, 3.63) is 48.0 Å². The molecule has 1 heterocycles. The highest BCUT2D eigenvalue weighted by Crippen LogP contribution is 2.22. The van der Waals surface area contributed by atoms with Gasteiger partial charge in [-0.25, -0.2) is 4.39 Å². The predicted octanol–water partition coefficient (Wildman–Crippen LogP) is 3.52. The van der Waals surface area contributed by atoms with Crippen molar-refractivity contribution in [2.45, 2.75) is 26.4 Å². The van der Waals surface area contributed by atoms with Crippen LogP contribution < -0.4 is 5.32 Å². The molecule has 1 N–H and O–H groups in total. The van der Waals surface area contributed by atoms with Crippen molar-refractivity contribution in [1.82, 2.24) is 10.2 Å². The molecule has 0 saturated carbocycles. The van der Waals surface area contributed by atoms with Crippen LogP contribution in [0.2, 0.25) is 0 Å². The third-order valence-electron chi connectivity index (χ3n) is 3.61. The van der Waals surface area contributed by atoms with Gasteiger partial charge >= 0.3 is 0 Å². The second-order valence-electron chi connectivity index (χ2n) is 5.52. The first-order valence-electron chi connectivity index (χ1n) is 7.32. The Bertz CT molecular complexity index is 548. The van der Waals surface area contributed by atoms with E-state index in [0.717, 1.165) is 30.2 Å². The smallest absolute Gasteiger partial charge is 0.134 e. The molecule has 1 aromatic carbocycles. The zero-order valence-electron chi connectivity index (χ0n) is 12.9. The Kier molecular flexibility index (Phi) is 5.53. The lowest BCUT2D eigenvalue weighted by molar-refractivity contribution is 0.272. The highest BCUT2D eigenvalue weighted by molar-refractivity contribution is 5.57. The van der Waals surface area contributed by atoms with Crippen molar-refractivity contribution < 1.29 is 8.81 Å². The Morgan fingerprint density at radius 2 is 1.86 bits per heavy atom. The van der Waals surface area contributed by atoms with E-state index in [4.69, 9.17) is 4.42 Å². The van der Waals surface area contributed by atoms with Crippen molar-refractivity contribution >= 4 is 0 Å². The minimum atomic E-state index is -0.235. The maximum atomic E-state index is 12.9. The highest BCUT2D eigenvalue weighted by atomic mass is 19.1.